The Hall–Kier alpha value is -2.82. The number of phenolic OH excluding ortho intramolecular Hbond substituents is 1. The molecule has 0 atom stereocenters. The van der Waals surface area contributed by atoms with Gasteiger partial charge in [-0.2, -0.15) is 15.0 Å². The van der Waals surface area contributed by atoms with E-state index < -0.39 is 0 Å². The van der Waals surface area contributed by atoms with E-state index in [1.165, 1.54) is 11.3 Å². The van der Waals surface area contributed by atoms with Crippen molar-refractivity contribution in [3.63, 3.8) is 0 Å². The van der Waals surface area contributed by atoms with Crippen molar-refractivity contribution in [3.05, 3.63) is 36.3 Å². The van der Waals surface area contributed by atoms with Gasteiger partial charge in [-0.3, -0.25) is 10.2 Å². The number of rotatable bonds is 6. The van der Waals surface area contributed by atoms with Gasteiger partial charge in [-0.05, 0) is 36.8 Å². The SMILES string of the molecule is Cc1nc(Nc2ncc(-c3ccc(O)cc3)s2)nc(N2CCN(CCO)CC2)n1. The summed E-state index contributed by atoms with van der Waals surface area (Å²) in [7, 11) is 0. The highest BCUT2D eigenvalue weighted by atomic mass is 32.1. The van der Waals surface area contributed by atoms with E-state index >= 15 is 0 Å². The topological polar surface area (TPSA) is 111 Å². The van der Waals surface area contributed by atoms with Gasteiger partial charge < -0.3 is 15.1 Å². The molecule has 3 N–H and O–H groups in total. The molecule has 0 saturated carbocycles. The number of anilines is 3. The first kappa shape index (κ1) is 19.5. The zero-order chi connectivity index (χ0) is 20.2. The second-order valence-electron chi connectivity index (χ2n) is 6.76. The maximum Gasteiger partial charge on any atom is 0.234 e. The molecule has 0 amide bonds. The highest BCUT2D eigenvalue weighted by Crippen LogP contribution is 2.31. The number of aromatic hydroxyl groups is 1. The zero-order valence-corrected chi connectivity index (χ0v) is 16.9. The maximum absolute atomic E-state index is 9.44. The molecular weight excluding hydrogens is 390 g/mol. The molecule has 0 unspecified atom stereocenters. The smallest absolute Gasteiger partial charge is 0.234 e. The van der Waals surface area contributed by atoms with Gasteiger partial charge in [-0.15, -0.1) is 0 Å². The highest BCUT2D eigenvalue weighted by molar-refractivity contribution is 7.18. The van der Waals surface area contributed by atoms with Crippen LogP contribution in [0, 0.1) is 6.92 Å². The van der Waals surface area contributed by atoms with Crippen molar-refractivity contribution in [2.45, 2.75) is 6.92 Å². The lowest BCUT2D eigenvalue weighted by Crippen LogP contribution is -2.47. The lowest BCUT2D eigenvalue weighted by atomic mass is 10.2. The van der Waals surface area contributed by atoms with Crippen LogP contribution in [0.25, 0.3) is 10.4 Å². The number of aliphatic hydroxyl groups is 1. The fourth-order valence-electron chi connectivity index (χ4n) is 3.16. The molecule has 4 rings (SSSR count). The van der Waals surface area contributed by atoms with E-state index in [1.807, 2.05) is 19.1 Å². The van der Waals surface area contributed by atoms with Crippen LogP contribution in [0.4, 0.5) is 17.0 Å². The van der Waals surface area contributed by atoms with E-state index in [1.54, 1.807) is 18.3 Å². The number of nitrogens with one attached hydrogen (secondary N) is 1. The minimum Gasteiger partial charge on any atom is -0.508 e. The molecule has 3 aromatic rings. The number of thiazole rings is 1. The Kier molecular flexibility index (Phi) is 5.84. The first-order valence-electron chi connectivity index (χ1n) is 9.44. The van der Waals surface area contributed by atoms with Crippen molar-refractivity contribution in [1.29, 1.82) is 0 Å². The number of piperazine rings is 1. The first-order valence-corrected chi connectivity index (χ1v) is 10.3. The Bertz CT molecular complexity index is 955. The molecule has 9 nitrogen and oxygen atoms in total. The van der Waals surface area contributed by atoms with E-state index in [9.17, 15) is 5.11 Å². The van der Waals surface area contributed by atoms with Crippen molar-refractivity contribution >= 4 is 28.4 Å². The van der Waals surface area contributed by atoms with Crippen LogP contribution in [-0.4, -0.2) is 74.4 Å². The Morgan fingerprint density at radius 2 is 1.83 bits per heavy atom. The summed E-state index contributed by atoms with van der Waals surface area (Å²) in [5.74, 6) is 2.00. The summed E-state index contributed by atoms with van der Waals surface area (Å²) in [4.78, 5) is 23.2. The number of nitrogens with zero attached hydrogens (tertiary/aromatic N) is 6. The summed E-state index contributed by atoms with van der Waals surface area (Å²) in [6.07, 6.45) is 1.79. The highest BCUT2D eigenvalue weighted by Gasteiger charge is 2.20. The number of phenols is 1. The fraction of sp³-hybridized carbons (Fsp3) is 0.368. The molecule has 0 bridgehead atoms. The molecule has 3 heterocycles. The van der Waals surface area contributed by atoms with E-state index in [-0.39, 0.29) is 12.4 Å². The van der Waals surface area contributed by atoms with Gasteiger partial charge in [-0.1, -0.05) is 11.3 Å². The molecule has 0 aliphatic carbocycles. The van der Waals surface area contributed by atoms with Crippen LogP contribution in [0.1, 0.15) is 5.82 Å². The van der Waals surface area contributed by atoms with Gasteiger partial charge in [0.25, 0.3) is 0 Å². The van der Waals surface area contributed by atoms with Crippen LogP contribution < -0.4 is 10.2 Å². The molecule has 0 spiro atoms. The monoisotopic (exact) mass is 413 g/mol. The molecule has 1 aliphatic heterocycles. The molecule has 1 saturated heterocycles. The average Bonchev–Trinajstić information content (AvgIpc) is 3.17. The number of hydrogen-bond acceptors (Lipinski definition) is 10. The van der Waals surface area contributed by atoms with Gasteiger partial charge >= 0.3 is 0 Å². The van der Waals surface area contributed by atoms with Gasteiger partial charge in [0, 0.05) is 38.9 Å². The Balaban J connectivity index is 1.46. The lowest BCUT2D eigenvalue weighted by Gasteiger charge is -2.34. The minimum atomic E-state index is 0.179. The third kappa shape index (κ3) is 4.78. The third-order valence-corrected chi connectivity index (χ3v) is 5.64. The normalized spacial score (nSPS) is 14.9. The van der Waals surface area contributed by atoms with E-state index in [2.05, 4.69) is 35.1 Å². The van der Waals surface area contributed by atoms with Crippen molar-refractivity contribution < 1.29 is 10.2 Å². The van der Waals surface area contributed by atoms with Gasteiger partial charge in [0.05, 0.1) is 11.5 Å². The predicted molar refractivity (Wildman–Crippen MR) is 113 cm³/mol. The van der Waals surface area contributed by atoms with Gasteiger partial charge in [0.1, 0.15) is 11.6 Å². The number of aryl methyl sites for hydroxylation is 1. The summed E-state index contributed by atoms with van der Waals surface area (Å²) in [5.41, 5.74) is 0.988. The largest absolute Gasteiger partial charge is 0.508 e. The van der Waals surface area contributed by atoms with Crippen LogP contribution in [0.15, 0.2) is 30.5 Å². The summed E-state index contributed by atoms with van der Waals surface area (Å²) >= 11 is 1.49. The van der Waals surface area contributed by atoms with Crippen molar-refractivity contribution in [1.82, 2.24) is 24.8 Å². The Morgan fingerprint density at radius 3 is 2.55 bits per heavy atom. The number of β-amino-alcohol motifs (C(OH)–C–C–N with tert-alkyl or cyclic N) is 1. The third-order valence-electron chi connectivity index (χ3n) is 4.68. The number of aromatic nitrogens is 4. The summed E-state index contributed by atoms with van der Waals surface area (Å²) in [6.45, 7) is 6.09. The summed E-state index contributed by atoms with van der Waals surface area (Å²) in [6, 6.07) is 7.02. The molecule has 1 fully saturated rings. The van der Waals surface area contributed by atoms with Crippen LogP contribution in [-0.2, 0) is 0 Å². The number of aliphatic hydroxyl groups excluding tert-OH is 1. The van der Waals surface area contributed by atoms with Gasteiger partial charge in [-0.25, -0.2) is 4.98 Å². The van der Waals surface area contributed by atoms with Crippen molar-refractivity contribution in [3.8, 4) is 16.2 Å². The second-order valence-corrected chi connectivity index (χ2v) is 7.79. The predicted octanol–water partition coefficient (Wildman–Crippen LogP) is 1.87. The van der Waals surface area contributed by atoms with Crippen LogP contribution in [0.3, 0.4) is 0 Å². The first-order chi connectivity index (χ1) is 14.1. The standard InChI is InChI=1S/C19H23N7O2S/c1-13-21-17(23-18(22-13)26-8-6-25(7-9-26)10-11-27)24-19-20-12-16(29-19)14-2-4-15(28)5-3-14/h2-5,12,27-28H,6-11H2,1H3,(H,20,21,22,23,24). The second kappa shape index (κ2) is 8.68. The molecule has 2 aromatic heterocycles. The van der Waals surface area contributed by atoms with Crippen molar-refractivity contribution in [2.24, 2.45) is 0 Å². The number of benzene rings is 1. The number of hydrogen-bond donors (Lipinski definition) is 3. The maximum atomic E-state index is 9.44. The van der Waals surface area contributed by atoms with Gasteiger partial charge in [0.15, 0.2) is 5.13 Å². The van der Waals surface area contributed by atoms with Gasteiger partial charge in [0.2, 0.25) is 11.9 Å². The van der Waals surface area contributed by atoms with E-state index in [0.717, 1.165) is 36.6 Å². The molecule has 10 heteroatoms. The summed E-state index contributed by atoms with van der Waals surface area (Å²) in [5, 5.41) is 22.4. The molecule has 1 aliphatic rings. The van der Waals surface area contributed by atoms with Crippen LogP contribution in [0.2, 0.25) is 0 Å². The minimum absolute atomic E-state index is 0.179. The molecule has 1 aromatic carbocycles. The Labute approximate surface area is 172 Å². The Morgan fingerprint density at radius 1 is 1.07 bits per heavy atom. The van der Waals surface area contributed by atoms with E-state index in [0.29, 0.717) is 29.4 Å². The molecule has 152 valence electrons. The van der Waals surface area contributed by atoms with Crippen LogP contribution >= 0.6 is 11.3 Å². The van der Waals surface area contributed by atoms with E-state index in [4.69, 9.17) is 5.11 Å². The lowest BCUT2D eigenvalue weighted by molar-refractivity contribution is 0.188. The fourth-order valence-corrected chi connectivity index (χ4v) is 3.98. The van der Waals surface area contributed by atoms with Crippen LogP contribution in [0.5, 0.6) is 5.75 Å². The molecule has 29 heavy (non-hydrogen) atoms. The zero-order valence-electron chi connectivity index (χ0n) is 16.1. The quantitative estimate of drug-likeness (QED) is 0.558. The summed E-state index contributed by atoms with van der Waals surface area (Å²) < 4.78 is 0. The van der Waals surface area contributed by atoms with Crippen molar-refractivity contribution in [2.75, 3.05) is 49.5 Å². The molecular formula is C19H23N7O2S. The average molecular weight is 414 g/mol. The molecule has 0 radical (unpaired) electrons.